The Kier molecular flexibility index (Phi) is 6.75. The summed E-state index contributed by atoms with van der Waals surface area (Å²) in [5.74, 6) is 0.604. The minimum Gasteiger partial charge on any atom is -0.495 e. The first-order valence-corrected chi connectivity index (χ1v) is 8.06. The molecule has 126 valence electrons. The summed E-state index contributed by atoms with van der Waals surface area (Å²) in [6, 6.07) is 7.53. The van der Waals surface area contributed by atoms with E-state index in [1.165, 1.54) is 6.42 Å². The summed E-state index contributed by atoms with van der Waals surface area (Å²) in [6.45, 7) is 5.46. The molecule has 6 heteroatoms. The number of ether oxygens (including phenoxy) is 1. The van der Waals surface area contributed by atoms with E-state index in [2.05, 4.69) is 34.1 Å². The lowest BCUT2D eigenvalue weighted by Gasteiger charge is -2.26. The van der Waals surface area contributed by atoms with Gasteiger partial charge in [-0.1, -0.05) is 19.1 Å². The molecule has 1 aromatic rings. The first-order chi connectivity index (χ1) is 11.2. The SMILES string of the molecule is CCCN1CC=C(NNC(=O)CNc2ccccc2OC)CC1. The highest BCUT2D eigenvalue weighted by molar-refractivity contribution is 5.81. The molecule has 0 atom stereocenters. The largest absolute Gasteiger partial charge is 0.495 e. The zero-order valence-electron chi connectivity index (χ0n) is 13.9. The van der Waals surface area contributed by atoms with Gasteiger partial charge in [-0.05, 0) is 31.2 Å². The number of amides is 1. The minimum atomic E-state index is -0.118. The van der Waals surface area contributed by atoms with Crippen molar-refractivity contribution in [1.29, 1.82) is 0 Å². The third-order valence-corrected chi connectivity index (χ3v) is 3.74. The van der Waals surface area contributed by atoms with Gasteiger partial charge >= 0.3 is 0 Å². The fourth-order valence-electron chi connectivity index (χ4n) is 2.50. The van der Waals surface area contributed by atoms with E-state index < -0.39 is 0 Å². The van der Waals surface area contributed by atoms with E-state index in [1.54, 1.807) is 7.11 Å². The molecule has 1 aliphatic rings. The summed E-state index contributed by atoms with van der Waals surface area (Å²) in [5.41, 5.74) is 7.62. The smallest absolute Gasteiger partial charge is 0.257 e. The fourth-order valence-corrected chi connectivity index (χ4v) is 2.50. The topological polar surface area (TPSA) is 65.6 Å². The van der Waals surface area contributed by atoms with Crippen LogP contribution < -0.4 is 20.9 Å². The summed E-state index contributed by atoms with van der Waals surface area (Å²) in [5, 5.41) is 3.07. The van der Waals surface area contributed by atoms with Gasteiger partial charge in [-0.3, -0.25) is 15.1 Å². The van der Waals surface area contributed by atoms with Crippen LogP contribution >= 0.6 is 0 Å². The molecule has 23 heavy (non-hydrogen) atoms. The monoisotopic (exact) mass is 318 g/mol. The van der Waals surface area contributed by atoms with Crippen molar-refractivity contribution >= 4 is 11.6 Å². The molecule has 3 N–H and O–H groups in total. The Labute approximate surface area is 137 Å². The summed E-state index contributed by atoms with van der Waals surface area (Å²) in [6.07, 6.45) is 4.23. The molecule has 0 unspecified atom stereocenters. The van der Waals surface area contributed by atoms with Gasteiger partial charge in [0.1, 0.15) is 5.75 Å². The molecule has 0 radical (unpaired) electrons. The Morgan fingerprint density at radius 1 is 1.35 bits per heavy atom. The first kappa shape index (κ1) is 17.1. The molecular formula is C17H26N4O2. The average Bonchev–Trinajstić information content (AvgIpc) is 2.60. The number of nitrogens with zero attached hydrogens (tertiary/aromatic N) is 1. The van der Waals surface area contributed by atoms with E-state index in [-0.39, 0.29) is 12.5 Å². The number of carbonyl (C=O) groups excluding carboxylic acids is 1. The quantitative estimate of drug-likeness (QED) is 0.637. The number of nitrogens with one attached hydrogen (secondary N) is 3. The van der Waals surface area contributed by atoms with Gasteiger partial charge in [0.2, 0.25) is 0 Å². The van der Waals surface area contributed by atoms with E-state index in [0.29, 0.717) is 0 Å². The van der Waals surface area contributed by atoms with E-state index >= 15 is 0 Å². The second-order valence-corrected chi connectivity index (χ2v) is 5.51. The summed E-state index contributed by atoms with van der Waals surface area (Å²) in [4.78, 5) is 14.3. The molecule has 0 spiro atoms. The molecule has 0 fully saturated rings. The van der Waals surface area contributed by atoms with Crippen LogP contribution in [0, 0.1) is 0 Å². The van der Waals surface area contributed by atoms with Crippen LogP contribution in [-0.4, -0.2) is 44.1 Å². The zero-order valence-corrected chi connectivity index (χ0v) is 13.9. The standard InChI is InChI=1S/C17H26N4O2/c1-3-10-21-11-8-14(9-12-21)19-20-17(22)13-18-15-6-4-5-7-16(15)23-2/h4-8,18-19H,3,9-13H2,1-2H3,(H,20,22). The second-order valence-electron chi connectivity index (χ2n) is 5.51. The van der Waals surface area contributed by atoms with Crippen LogP contribution in [0.2, 0.25) is 0 Å². The predicted octanol–water partition coefficient (Wildman–Crippen LogP) is 1.73. The van der Waals surface area contributed by atoms with Crippen molar-refractivity contribution in [2.75, 3.05) is 38.6 Å². The van der Waals surface area contributed by atoms with Crippen molar-refractivity contribution in [2.24, 2.45) is 0 Å². The molecular weight excluding hydrogens is 292 g/mol. The van der Waals surface area contributed by atoms with Gasteiger partial charge in [0, 0.05) is 25.2 Å². The van der Waals surface area contributed by atoms with Crippen LogP contribution in [0.4, 0.5) is 5.69 Å². The number of hydrazine groups is 1. The van der Waals surface area contributed by atoms with E-state index in [1.807, 2.05) is 24.3 Å². The lowest BCUT2D eigenvalue weighted by Crippen LogP contribution is -2.42. The van der Waals surface area contributed by atoms with E-state index in [4.69, 9.17) is 4.74 Å². The number of methoxy groups -OCH3 is 1. The summed E-state index contributed by atoms with van der Waals surface area (Å²) in [7, 11) is 1.61. The van der Waals surface area contributed by atoms with Crippen molar-refractivity contribution in [3.63, 3.8) is 0 Å². The van der Waals surface area contributed by atoms with Crippen molar-refractivity contribution in [3.05, 3.63) is 36.0 Å². The van der Waals surface area contributed by atoms with Gasteiger partial charge in [-0.25, -0.2) is 0 Å². The number of benzene rings is 1. The number of carbonyl (C=O) groups is 1. The lowest BCUT2D eigenvalue weighted by molar-refractivity contribution is -0.120. The van der Waals surface area contributed by atoms with E-state index in [9.17, 15) is 4.79 Å². The number of hydrogen-bond acceptors (Lipinski definition) is 5. The third-order valence-electron chi connectivity index (χ3n) is 3.74. The van der Waals surface area contributed by atoms with Gasteiger partial charge < -0.3 is 15.5 Å². The lowest BCUT2D eigenvalue weighted by atomic mass is 10.2. The minimum absolute atomic E-state index is 0.118. The molecule has 0 aliphatic carbocycles. The highest BCUT2D eigenvalue weighted by Gasteiger charge is 2.11. The fraction of sp³-hybridized carbons (Fsp3) is 0.471. The zero-order chi connectivity index (χ0) is 16.5. The molecule has 2 rings (SSSR count). The Hall–Kier alpha value is -2.21. The number of rotatable bonds is 8. The Bertz CT molecular complexity index is 545. The first-order valence-electron chi connectivity index (χ1n) is 8.06. The van der Waals surface area contributed by atoms with Gasteiger partial charge in [0.25, 0.3) is 5.91 Å². The van der Waals surface area contributed by atoms with Crippen molar-refractivity contribution in [2.45, 2.75) is 19.8 Å². The van der Waals surface area contributed by atoms with Gasteiger partial charge in [-0.2, -0.15) is 0 Å². The van der Waals surface area contributed by atoms with E-state index in [0.717, 1.165) is 43.2 Å². The van der Waals surface area contributed by atoms with Crippen molar-refractivity contribution in [1.82, 2.24) is 15.8 Å². The van der Waals surface area contributed by atoms with Crippen LogP contribution in [0.1, 0.15) is 19.8 Å². The Morgan fingerprint density at radius 3 is 2.87 bits per heavy atom. The predicted molar refractivity (Wildman–Crippen MR) is 92.2 cm³/mol. The molecule has 6 nitrogen and oxygen atoms in total. The molecule has 1 amide bonds. The highest BCUT2D eigenvalue weighted by Crippen LogP contribution is 2.22. The molecule has 0 saturated heterocycles. The number of anilines is 1. The van der Waals surface area contributed by atoms with Gasteiger partial charge in [-0.15, -0.1) is 0 Å². The maximum atomic E-state index is 11.9. The third kappa shape index (κ3) is 5.49. The highest BCUT2D eigenvalue weighted by atomic mass is 16.5. The van der Waals surface area contributed by atoms with Gasteiger partial charge in [0.15, 0.2) is 0 Å². The molecule has 1 heterocycles. The maximum absolute atomic E-state index is 11.9. The van der Waals surface area contributed by atoms with Crippen molar-refractivity contribution in [3.8, 4) is 5.75 Å². The van der Waals surface area contributed by atoms with Crippen LogP contribution in [-0.2, 0) is 4.79 Å². The average molecular weight is 318 g/mol. The molecule has 1 aromatic carbocycles. The van der Waals surface area contributed by atoms with Crippen LogP contribution in [0.3, 0.4) is 0 Å². The summed E-state index contributed by atoms with van der Waals surface area (Å²) < 4.78 is 5.24. The number of hydrogen-bond donors (Lipinski definition) is 3. The molecule has 0 bridgehead atoms. The van der Waals surface area contributed by atoms with Crippen LogP contribution in [0.15, 0.2) is 36.0 Å². The Balaban J connectivity index is 1.71. The Morgan fingerprint density at radius 2 is 2.17 bits per heavy atom. The van der Waals surface area contributed by atoms with Crippen LogP contribution in [0.5, 0.6) is 5.75 Å². The normalized spacial score (nSPS) is 14.8. The van der Waals surface area contributed by atoms with Crippen LogP contribution in [0.25, 0.3) is 0 Å². The summed E-state index contributed by atoms with van der Waals surface area (Å²) >= 11 is 0. The molecule has 0 aromatic heterocycles. The second kappa shape index (κ2) is 9.05. The maximum Gasteiger partial charge on any atom is 0.257 e. The van der Waals surface area contributed by atoms with Crippen molar-refractivity contribution < 1.29 is 9.53 Å². The molecule has 0 saturated carbocycles. The van der Waals surface area contributed by atoms with Gasteiger partial charge in [0.05, 0.1) is 19.3 Å². The molecule has 1 aliphatic heterocycles. The number of para-hydroxylation sites is 2.